The average Bonchev–Trinajstić information content (AvgIpc) is 3.02. The molecule has 1 aromatic heterocycles. The van der Waals surface area contributed by atoms with Crippen molar-refractivity contribution in [3.05, 3.63) is 58.9 Å². The summed E-state index contributed by atoms with van der Waals surface area (Å²) in [7, 11) is 1.64. The van der Waals surface area contributed by atoms with Crippen LogP contribution in [0.3, 0.4) is 0 Å². The van der Waals surface area contributed by atoms with Crippen LogP contribution in [0.5, 0.6) is 5.75 Å². The normalized spacial score (nSPS) is 10.6. The first-order valence-corrected chi connectivity index (χ1v) is 8.37. The van der Waals surface area contributed by atoms with Crippen LogP contribution in [-0.4, -0.2) is 17.3 Å². The van der Waals surface area contributed by atoms with Crippen LogP contribution in [0.25, 0.3) is 11.5 Å². The second kappa shape index (κ2) is 6.98. The number of thioether (sulfide) groups is 1. The molecule has 0 atom stereocenters. The molecule has 0 fully saturated rings. The molecule has 0 amide bonds. The summed E-state index contributed by atoms with van der Waals surface area (Å²) < 4.78 is 11.9. The molecule has 0 spiro atoms. The van der Waals surface area contributed by atoms with Crippen LogP contribution in [0.15, 0.2) is 62.3 Å². The molecule has 0 aliphatic heterocycles. The Labute approximate surface area is 141 Å². The zero-order valence-corrected chi connectivity index (χ0v) is 14.2. The lowest BCUT2D eigenvalue weighted by Crippen LogP contribution is -1.82. The topological polar surface area (TPSA) is 48.2 Å². The summed E-state index contributed by atoms with van der Waals surface area (Å²) >= 11 is 5.12. The van der Waals surface area contributed by atoms with Gasteiger partial charge in [0, 0.05) is 14.9 Å². The van der Waals surface area contributed by atoms with E-state index < -0.39 is 0 Å². The zero-order valence-electron chi connectivity index (χ0n) is 11.8. The van der Waals surface area contributed by atoms with Crippen molar-refractivity contribution in [1.29, 1.82) is 0 Å². The predicted octanol–water partition coefficient (Wildman–Crippen LogP) is 4.80. The number of ether oxygens (including phenoxy) is 1. The van der Waals surface area contributed by atoms with Gasteiger partial charge in [-0.05, 0) is 42.5 Å². The zero-order chi connectivity index (χ0) is 15.4. The molecule has 0 unspecified atom stereocenters. The van der Waals surface area contributed by atoms with Crippen molar-refractivity contribution < 1.29 is 9.15 Å². The summed E-state index contributed by atoms with van der Waals surface area (Å²) in [6, 6.07) is 15.7. The lowest BCUT2D eigenvalue weighted by atomic mass is 10.2. The molecule has 2 aromatic carbocycles. The van der Waals surface area contributed by atoms with Crippen molar-refractivity contribution in [2.75, 3.05) is 7.11 Å². The number of halogens is 1. The van der Waals surface area contributed by atoms with Crippen LogP contribution in [0, 0.1) is 0 Å². The van der Waals surface area contributed by atoms with Crippen molar-refractivity contribution in [2.45, 2.75) is 10.6 Å². The number of methoxy groups -OCH3 is 1. The smallest absolute Gasteiger partial charge is 0.247 e. The van der Waals surface area contributed by atoms with Gasteiger partial charge in [-0.3, -0.25) is 0 Å². The SMILES string of the molecule is COc1ccc(-c2nnc(CSc3cccc(Br)c3)o2)cc1. The van der Waals surface area contributed by atoms with Gasteiger partial charge in [-0.2, -0.15) is 0 Å². The fourth-order valence-corrected chi connectivity index (χ4v) is 3.21. The summed E-state index contributed by atoms with van der Waals surface area (Å²) in [4.78, 5) is 1.15. The van der Waals surface area contributed by atoms with E-state index in [2.05, 4.69) is 38.3 Å². The standard InChI is InChI=1S/C16H13BrN2O2S/c1-20-13-7-5-11(6-8-13)16-19-18-15(21-16)10-22-14-4-2-3-12(17)9-14/h2-9H,10H2,1H3. The second-order valence-corrected chi connectivity index (χ2v) is 6.44. The molecule has 1 heterocycles. The van der Waals surface area contributed by atoms with Crippen molar-refractivity contribution >= 4 is 27.7 Å². The summed E-state index contributed by atoms with van der Waals surface area (Å²) in [5, 5.41) is 8.18. The van der Waals surface area contributed by atoms with Crippen LogP contribution >= 0.6 is 27.7 Å². The first kappa shape index (κ1) is 15.1. The highest BCUT2D eigenvalue weighted by molar-refractivity contribution is 9.10. The number of hydrogen-bond acceptors (Lipinski definition) is 5. The van der Waals surface area contributed by atoms with E-state index in [4.69, 9.17) is 9.15 Å². The van der Waals surface area contributed by atoms with Gasteiger partial charge in [0.15, 0.2) is 0 Å². The molecule has 0 saturated carbocycles. The van der Waals surface area contributed by atoms with E-state index in [1.54, 1.807) is 18.9 Å². The molecule has 0 aliphatic rings. The van der Waals surface area contributed by atoms with E-state index in [0.29, 0.717) is 17.5 Å². The molecule has 4 nitrogen and oxygen atoms in total. The largest absolute Gasteiger partial charge is 0.497 e. The molecular weight excluding hydrogens is 364 g/mol. The second-order valence-electron chi connectivity index (χ2n) is 4.48. The molecular formula is C16H13BrN2O2S. The van der Waals surface area contributed by atoms with Gasteiger partial charge in [-0.15, -0.1) is 22.0 Å². The van der Waals surface area contributed by atoms with Gasteiger partial charge in [-0.1, -0.05) is 22.0 Å². The summed E-state index contributed by atoms with van der Waals surface area (Å²) in [6.45, 7) is 0. The van der Waals surface area contributed by atoms with E-state index in [0.717, 1.165) is 20.7 Å². The number of nitrogens with zero attached hydrogens (tertiary/aromatic N) is 2. The van der Waals surface area contributed by atoms with Gasteiger partial charge in [-0.25, -0.2) is 0 Å². The maximum atomic E-state index is 5.70. The highest BCUT2D eigenvalue weighted by Crippen LogP contribution is 2.27. The predicted molar refractivity (Wildman–Crippen MR) is 90.0 cm³/mol. The number of benzene rings is 2. The minimum atomic E-state index is 0.521. The first-order valence-electron chi connectivity index (χ1n) is 6.60. The van der Waals surface area contributed by atoms with Gasteiger partial charge in [0.1, 0.15) is 5.75 Å². The van der Waals surface area contributed by atoms with Gasteiger partial charge in [0.25, 0.3) is 0 Å². The lowest BCUT2D eigenvalue weighted by molar-refractivity contribution is 0.415. The third-order valence-corrected chi connectivity index (χ3v) is 4.43. The lowest BCUT2D eigenvalue weighted by Gasteiger charge is -2.00. The maximum absolute atomic E-state index is 5.70. The highest BCUT2D eigenvalue weighted by Gasteiger charge is 2.09. The molecule has 22 heavy (non-hydrogen) atoms. The van der Waals surface area contributed by atoms with Crippen molar-refractivity contribution in [3.63, 3.8) is 0 Å². The molecule has 3 rings (SSSR count). The summed E-state index contributed by atoms with van der Waals surface area (Å²) in [5.41, 5.74) is 0.881. The Bertz CT molecular complexity index is 759. The molecule has 0 N–H and O–H groups in total. The monoisotopic (exact) mass is 376 g/mol. The van der Waals surface area contributed by atoms with Crippen LogP contribution in [0.2, 0.25) is 0 Å². The minimum absolute atomic E-state index is 0.521. The van der Waals surface area contributed by atoms with Crippen LogP contribution in [0.1, 0.15) is 5.89 Å². The fraction of sp³-hybridized carbons (Fsp3) is 0.125. The third-order valence-electron chi connectivity index (χ3n) is 2.96. The van der Waals surface area contributed by atoms with E-state index in [1.807, 2.05) is 36.4 Å². The van der Waals surface area contributed by atoms with E-state index >= 15 is 0 Å². The van der Waals surface area contributed by atoms with Crippen molar-refractivity contribution in [3.8, 4) is 17.2 Å². The first-order chi connectivity index (χ1) is 10.7. The quantitative estimate of drug-likeness (QED) is 0.598. The number of rotatable bonds is 5. The van der Waals surface area contributed by atoms with Gasteiger partial charge in [0.05, 0.1) is 12.9 Å². The Hall–Kier alpha value is -1.79. The van der Waals surface area contributed by atoms with Crippen LogP contribution in [-0.2, 0) is 5.75 Å². The van der Waals surface area contributed by atoms with Gasteiger partial charge >= 0.3 is 0 Å². The van der Waals surface area contributed by atoms with Gasteiger partial charge in [0.2, 0.25) is 11.8 Å². The maximum Gasteiger partial charge on any atom is 0.247 e. The average molecular weight is 377 g/mol. The van der Waals surface area contributed by atoms with Crippen molar-refractivity contribution in [2.24, 2.45) is 0 Å². The molecule has 112 valence electrons. The van der Waals surface area contributed by atoms with Crippen LogP contribution < -0.4 is 4.74 Å². The van der Waals surface area contributed by atoms with Crippen LogP contribution in [0.4, 0.5) is 0 Å². The summed E-state index contributed by atoms with van der Waals surface area (Å²) in [6.07, 6.45) is 0. The molecule has 0 radical (unpaired) electrons. The molecule has 0 bridgehead atoms. The Morgan fingerprint density at radius 2 is 1.95 bits per heavy atom. The third kappa shape index (κ3) is 3.69. The number of hydrogen-bond donors (Lipinski definition) is 0. The Morgan fingerprint density at radius 1 is 1.14 bits per heavy atom. The fourth-order valence-electron chi connectivity index (χ4n) is 1.86. The molecule has 0 aliphatic carbocycles. The van der Waals surface area contributed by atoms with Gasteiger partial charge < -0.3 is 9.15 Å². The minimum Gasteiger partial charge on any atom is -0.497 e. The van der Waals surface area contributed by atoms with Crippen molar-refractivity contribution in [1.82, 2.24) is 10.2 Å². The summed E-state index contributed by atoms with van der Waals surface area (Å²) in [5.74, 6) is 2.57. The number of aromatic nitrogens is 2. The molecule has 0 saturated heterocycles. The van der Waals surface area contributed by atoms with E-state index in [-0.39, 0.29) is 0 Å². The Morgan fingerprint density at radius 3 is 2.68 bits per heavy atom. The molecule has 3 aromatic rings. The molecule has 6 heteroatoms. The van der Waals surface area contributed by atoms with E-state index in [9.17, 15) is 0 Å². The Balaban J connectivity index is 1.68. The highest BCUT2D eigenvalue weighted by atomic mass is 79.9. The van der Waals surface area contributed by atoms with E-state index in [1.165, 1.54) is 0 Å². The Kier molecular flexibility index (Phi) is 4.80.